The Morgan fingerprint density at radius 1 is 1.30 bits per heavy atom. The minimum Gasteiger partial charge on any atom is -0.357 e. The van der Waals surface area contributed by atoms with E-state index in [4.69, 9.17) is 4.99 Å². The molecule has 5 heteroatoms. The summed E-state index contributed by atoms with van der Waals surface area (Å²) in [4.78, 5) is 4.70. The van der Waals surface area contributed by atoms with E-state index in [2.05, 4.69) is 31.4 Å². The summed E-state index contributed by atoms with van der Waals surface area (Å²) in [5.41, 5.74) is 0.427. The lowest BCUT2D eigenvalue weighted by Crippen LogP contribution is -2.40. The Morgan fingerprint density at radius 3 is 2.45 bits per heavy atom. The molecule has 0 aromatic carbocycles. The molecule has 0 bridgehead atoms. The maximum Gasteiger partial charge on any atom is 0.191 e. The van der Waals surface area contributed by atoms with Gasteiger partial charge in [-0.05, 0) is 43.9 Å². The van der Waals surface area contributed by atoms with Crippen LogP contribution in [0.5, 0.6) is 0 Å². The molecule has 0 atom stereocenters. The van der Waals surface area contributed by atoms with E-state index >= 15 is 0 Å². The minimum atomic E-state index is -0.274. The van der Waals surface area contributed by atoms with Gasteiger partial charge in [-0.1, -0.05) is 20.3 Å². The van der Waals surface area contributed by atoms with Gasteiger partial charge >= 0.3 is 0 Å². The van der Waals surface area contributed by atoms with Crippen LogP contribution in [0.2, 0.25) is 0 Å². The third-order valence-electron chi connectivity index (χ3n) is 3.78. The molecule has 3 nitrogen and oxygen atoms in total. The van der Waals surface area contributed by atoms with Crippen LogP contribution in [0.15, 0.2) is 4.99 Å². The van der Waals surface area contributed by atoms with Crippen molar-refractivity contribution in [3.63, 3.8) is 0 Å². The van der Waals surface area contributed by atoms with E-state index in [9.17, 15) is 4.39 Å². The van der Waals surface area contributed by atoms with Gasteiger partial charge in [0.25, 0.3) is 0 Å². The van der Waals surface area contributed by atoms with Crippen LogP contribution >= 0.6 is 24.0 Å². The Balaban J connectivity index is 0.00000361. The molecule has 0 amide bonds. The second kappa shape index (κ2) is 10.6. The van der Waals surface area contributed by atoms with E-state index in [0.717, 1.165) is 25.0 Å². The number of halogens is 2. The number of aliphatic imine (C=N–C) groups is 1. The lowest BCUT2D eigenvalue weighted by molar-refractivity contribution is 0.111. The maximum atomic E-state index is 12.1. The molecule has 20 heavy (non-hydrogen) atoms. The number of hydrogen-bond donors (Lipinski definition) is 2. The molecule has 0 aliphatic heterocycles. The molecule has 1 saturated carbocycles. The van der Waals surface area contributed by atoms with Crippen molar-refractivity contribution < 1.29 is 4.39 Å². The monoisotopic (exact) mass is 399 g/mol. The second-order valence-corrected chi connectivity index (χ2v) is 6.12. The van der Waals surface area contributed by atoms with Crippen molar-refractivity contribution in [3.05, 3.63) is 0 Å². The Kier molecular flexibility index (Phi) is 10.6. The van der Waals surface area contributed by atoms with E-state index in [-0.39, 0.29) is 30.7 Å². The maximum absolute atomic E-state index is 12.1. The molecule has 0 radical (unpaired) electrons. The lowest BCUT2D eigenvalue weighted by Gasteiger charge is -2.42. The first-order chi connectivity index (χ1) is 9.12. The Bertz CT molecular complexity index is 278. The number of guanidine groups is 1. The zero-order valence-electron chi connectivity index (χ0n) is 13.2. The standard InChI is InChI=1S/C15H30FN3.HI/c1-4-17-14(18-10-6-9-16)19-12-15(7-5-8-15)11-13(2)3;/h13H,4-12H2,1-3H3,(H2,17,18,19);1H. The Hall–Kier alpha value is -0.0700. The molecule has 0 spiro atoms. The third-order valence-corrected chi connectivity index (χ3v) is 3.78. The number of nitrogens with zero attached hydrogens (tertiary/aromatic N) is 1. The molecule has 1 aliphatic carbocycles. The fourth-order valence-electron chi connectivity index (χ4n) is 2.83. The van der Waals surface area contributed by atoms with Crippen molar-refractivity contribution >= 4 is 29.9 Å². The topological polar surface area (TPSA) is 36.4 Å². The summed E-state index contributed by atoms with van der Waals surface area (Å²) in [6, 6.07) is 0. The normalized spacial score (nSPS) is 17.4. The summed E-state index contributed by atoms with van der Waals surface area (Å²) < 4.78 is 12.1. The summed E-state index contributed by atoms with van der Waals surface area (Å²) in [6.45, 7) is 8.75. The zero-order chi connectivity index (χ0) is 14.1. The SMILES string of the molecule is CCNC(=NCC1(CC(C)C)CCC1)NCCCF.I. The molecular formula is C15H31FIN3. The van der Waals surface area contributed by atoms with E-state index in [1.54, 1.807) is 0 Å². The van der Waals surface area contributed by atoms with E-state index in [1.807, 2.05) is 0 Å². The van der Waals surface area contributed by atoms with Crippen molar-refractivity contribution in [2.75, 3.05) is 26.3 Å². The summed E-state index contributed by atoms with van der Waals surface area (Å²) in [5.74, 6) is 1.57. The predicted octanol–water partition coefficient (Wildman–Crippen LogP) is 3.74. The largest absolute Gasteiger partial charge is 0.357 e. The van der Waals surface area contributed by atoms with Crippen LogP contribution in [-0.4, -0.2) is 32.3 Å². The molecule has 120 valence electrons. The van der Waals surface area contributed by atoms with Gasteiger partial charge in [0.1, 0.15) is 0 Å². The average molecular weight is 399 g/mol. The van der Waals surface area contributed by atoms with Crippen LogP contribution in [0.4, 0.5) is 4.39 Å². The van der Waals surface area contributed by atoms with Crippen molar-refractivity contribution in [1.29, 1.82) is 0 Å². The van der Waals surface area contributed by atoms with Gasteiger partial charge in [0, 0.05) is 19.6 Å². The number of rotatable bonds is 8. The van der Waals surface area contributed by atoms with Gasteiger partial charge in [0.2, 0.25) is 0 Å². The molecule has 0 saturated heterocycles. The number of hydrogen-bond acceptors (Lipinski definition) is 1. The molecule has 0 aromatic heterocycles. The van der Waals surface area contributed by atoms with Crippen LogP contribution in [0, 0.1) is 11.3 Å². The van der Waals surface area contributed by atoms with Crippen molar-refractivity contribution in [1.82, 2.24) is 10.6 Å². The fraction of sp³-hybridized carbons (Fsp3) is 0.933. The number of nitrogens with one attached hydrogen (secondary N) is 2. The summed E-state index contributed by atoms with van der Waals surface area (Å²) in [7, 11) is 0. The highest BCUT2D eigenvalue weighted by Crippen LogP contribution is 2.46. The average Bonchev–Trinajstić information content (AvgIpc) is 2.32. The van der Waals surface area contributed by atoms with Crippen LogP contribution in [0.3, 0.4) is 0 Å². The van der Waals surface area contributed by atoms with Gasteiger partial charge in [-0.25, -0.2) is 0 Å². The van der Waals surface area contributed by atoms with Gasteiger partial charge in [-0.15, -0.1) is 24.0 Å². The summed E-state index contributed by atoms with van der Waals surface area (Å²) in [5, 5.41) is 6.43. The van der Waals surface area contributed by atoms with Crippen molar-refractivity contribution in [3.8, 4) is 0 Å². The van der Waals surface area contributed by atoms with E-state index in [0.29, 0.717) is 18.4 Å². The number of alkyl halides is 1. The van der Waals surface area contributed by atoms with Crippen LogP contribution in [-0.2, 0) is 0 Å². The van der Waals surface area contributed by atoms with Gasteiger partial charge in [0.15, 0.2) is 5.96 Å². The highest BCUT2D eigenvalue weighted by molar-refractivity contribution is 14.0. The smallest absolute Gasteiger partial charge is 0.191 e. The molecule has 1 fully saturated rings. The lowest BCUT2D eigenvalue weighted by atomic mass is 9.64. The van der Waals surface area contributed by atoms with Crippen molar-refractivity contribution in [2.45, 2.75) is 52.9 Å². The highest BCUT2D eigenvalue weighted by Gasteiger charge is 2.37. The quantitative estimate of drug-likeness (QED) is 0.282. The highest BCUT2D eigenvalue weighted by atomic mass is 127. The molecule has 1 aliphatic rings. The predicted molar refractivity (Wildman–Crippen MR) is 95.7 cm³/mol. The van der Waals surface area contributed by atoms with Crippen LogP contribution in [0.1, 0.15) is 52.9 Å². The molecule has 0 heterocycles. The van der Waals surface area contributed by atoms with Gasteiger partial charge in [0.05, 0.1) is 6.67 Å². The fourth-order valence-corrected chi connectivity index (χ4v) is 2.83. The zero-order valence-corrected chi connectivity index (χ0v) is 15.5. The Labute approximate surface area is 140 Å². The minimum absolute atomic E-state index is 0. The van der Waals surface area contributed by atoms with Gasteiger partial charge in [-0.3, -0.25) is 9.38 Å². The first-order valence-electron chi connectivity index (χ1n) is 7.70. The Morgan fingerprint density at radius 2 is 2.00 bits per heavy atom. The second-order valence-electron chi connectivity index (χ2n) is 6.12. The summed E-state index contributed by atoms with van der Waals surface area (Å²) in [6.07, 6.45) is 5.76. The first kappa shape index (κ1) is 19.9. The van der Waals surface area contributed by atoms with Crippen molar-refractivity contribution in [2.24, 2.45) is 16.3 Å². The molecule has 1 rings (SSSR count). The molecule has 0 unspecified atom stereocenters. The van der Waals surface area contributed by atoms with Gasteiger partial charge < -0.3 is 10.6 Å². The van der Waals surface area contributed by atoms with Crippen LogP contribution < -0.4 is 10.6 Å². The molecular weight excluding hydrogens is 368 g/mol. The van der Waals surface area contributed by atoms with E-state index in [1.165, 1.54) is 25.7 Å². The molecule has 2 N–H and O–H groups in total. The third kappa shape index (κ3) is 7.09. The van der Waals surface area contributed by atoms with Crippen LogP contribution in [0.25, 0.3) is 0 Å². The molecule has 0 aromatic rings. The first-order valence-corrected chi connectivity index (χ1v) is 7.70. The van der Waals surface area contributed by atoms with Gasteiger partial charge in [-0.2, -0.15) is 0 Å². The summed E-state index contributed by atoms with van der Waals surface area (Å²) >= 11 is 0. The van der Waals surface area contributed by atoms with E-state index < -0.39 is 0 Å².